The first kappa shape index (κ1) is 21.4. The number of furan rings is 1. The Morgan fingerprint density at radius 3 is 2.00 bits per heavy atom. The van der Waals surface area contributed by atoms with E-state index in [1.165, 1.54) is 0 Å². The highest BCUT2D eigenvalue weighted by atomic mass is 16.3. The SMILES string of the molecule is Cc1cccc2c3cc4c(oc5ccccc54)c(C)c3n(-c3cnc4c5nccnc5c5nccnc5c4n3)c12. The molecule has 9 aromatic rings. The van der Waals surface area contributed by atoms with Gasteiger partial charge in [-0.1, -0.05) is 36.4 Å². The molecule has 0 radical (unpaired) electrons. The maximum absolute atomic E-state index is 6.40. The lowest BCUT2D eigenvalue weighted by molar-refractivity contribution is 0.666. The largest absolute Gasteiger partial charge is 0.456 e. The Morgan fingerprint density at radius 1 is 0.600 bits per heavy atom. The number of rotatable bonds is 1. The van der Waals surface area contributed by atoms with E-state index in [2.05, 4.69) is 74.7 Å². The van der Waals surface area contributed by atoms with E-state index in [0.717, 1.165) is 54.9 Å². The number of aromatic nitrogens is 7. The van der Waals surface area contributed by atoms with Crippen molar-refractivity contribution in [2.45, 2.75) is 13.8 Å². The van der Waals surface area contributed by atoms with Gasteiger partial charge in [0, 0.05) is 51.9 Å². The van der Waals surface area contributed by atoms with Gasteiger partial charge < -0.3 is 4.42 Å². The molecule has 0 saturated heterocycles. The molecule has 0 aliphatic carbocycles. The molecular formula is C32H19N7O. The molecule has 8 heteroatoms. The van der Waals surface area contributed by atoms with E-state index in [-0.39, 0.29) is 0 Å². The molecule has 5 aromatic heterocycles. The van der Waals surface area contributed by atoms with Crippen LogP contribution in [0.3, 0.4) is 0 Å². The summed E-state index contributed by atoms with van der Waals surface area (Å²) < 4.78 is 8.61. The van der Waals surface area contributed by atoms with Crippen LogP contribution in [0.25, 0.3) is 82.7 Å². The zero-order valence-electron chi connectivity index (χ0n) is 21.5. The van der Waals surface area contributed by atoms with Crippen molar-refractivity contribution in [2.75, 3.05) is 0 Å². The number of nitrogens with zero attached hydrogens (tertiary/aromatic N) is 7. The van der Waals surface area contributed by atoms with Crippen LogP contribution in [0.15, 0.2) is 83.9 Å². The molecule has 0 saturated carbocycles. The van der Waals surface area contributed by atoms with Crippen molar-refractivity contribution in [2.24, 2.45) is 0 Å². The van der Waals surface area contributed by atoms with Gasteiger partial charge in [-0.15, -0.1) is 0 Å². The Bertz CT molecular complexity index is 2490. The molecule has 0 amide bonds. The van der Waals surface area contributed by atoms with E-state index in [0.29, 0.717) is 38.9 Å². The smallest absolute Gasteiger partial charge is 0.157 e. The molecule has 0 aliphatic heterocycles. The van der Waals surface area contributed by atoms with Gasteiger partial charge in [-0.2, -0.15) is 0 Å². The summed E-state index contributed by atoms with van der Waals surface area (Å²) in [6.07, 6.45) is 8.47. The van der Waals surface area contributed by atoms with E-state index >= 15 is 0 Å². The highest BCUT2D eigenvalue weighted by Gasteiger charge is 2.22. The predicted octanol–water partition coefficient (Wildman–Crippen LogP) is 7.13. The Balaban J connectivity index is 1.47. The van der Waals surface area contributed by atoms with Crippen molar-refractivity contribution >= 4 is 76.8 Å². The molecule has 4 aromatic carbocycles. The minimum absolute atomic E-state index is 0.639. The summed E-state index contributed by atoms with van der Waals surface area (Å²) in [6, 6.07) is 16.8. The normalized spacial score (nSPS) is 12.2. The van der Waals surface area contributed by atoms with E-state index in [4.69, 9.17) is 14.4 Å². The van der Waals surface area contributed by atoms with Gasteiger partial charge in [0.1, 0.15) is 44.3 Å². The fourth-order valence-electron chi connectivity index (χ4n) is 6.21. The summed E-state index contributed by atoms with van der Waals surface area (Å²) in [4.78, 5) is 28.5. The third-order valence-corrected chi connectivity index (χ3v) is 7.91. The summed E-state index contributed by atoms with van der Waals surface area (Å²) in [7, 11) is 0. The number of fused-ring (bicyclic) bond motifs is 12. The zero-order valence-corrected chi connectivity index (χ0v) is 21.5. The molecule has 0 atom stereocenters. The van der Waals surface area contributed by atoms with Gasteiger partial charge in [-0.05, 0) is 31.5 Å². The van der Waals surface area contributed by atoms with Crippen molar-refractivity contribution in [3.63, 3.8) is 0 Å². The Labute approximate surface area is 226 Å². The average molecular weight is 518 g/mol. The highest BCUT2D eigenvalue weighted by molar-refractivity contribution is 6.20. The Kier molecular flexibility index (Phi) is 4.04. The van der Waals surface area contributed by atoms with Gasteiger partial charge >= 0.3 is 0 Å². The standard InChI is InChI=1S/C32H19N7O/c1-16-6-5-8-19-20-14-21-18-7-3-4-9-22(18)40-32(21)17(2)31(20)39(30(16)19)23-15-37-28-26-24(33-10-11-35-26)25-27(29(28)38-23)36-13-12-34-25/h3-15H,1-2H3. The molecule has 188 valence electrons. The molecule has 0 bridgehead atoms. The molecule has 5 heterocycles. The molecular weight excluding hydrogens is 498 g/mol. The molecule has 0 fully saturated rings. The van der Waals surface area contributed by atoms with Gasteiger partial charge in [0.25, 0.3) is 0 Å². The molecule has 0 spiro atoms. The molecule has 0 unspecified atom stereocenters. The summed E-state index contributed by atoms with van der Waals surface area (Å²) in [5.41, 5.74) is 9.98. The van der Waals surface area contributed by atoms with Crippen LogP contribution in [0.1, 0.15) is 11.1 Å². The summed E-state index contributed by atoms with van der Waals surface area (Å²) >= 11 is 0. The Morgan fingerprint density at radius 2 is 1.25 bits per heavy atom. The first-order valence-electron chi connectivity index (χ1n) is 13.0. The first-order valence-corrected chi connectivity index (χ1v) is 13.0. The number of benzene rings is 4. The lowest BCUT2D eigenvalue weighted by atomic mass is 10.0. The number of aryl methyl sites for hydroxylation is 2. The second-order valence-corrected chi connectivity index (χ2v) is 10.1. The fourth-order valence-corrected chi connectivity index (χ4v) is 6.21. The van der Waals surface area contributed by atoms with Crippen molar-refractivity contribution in [3.05, 3.63) is 90.6 Å². The van der Waals surface area contributed by atoms with Crippen molar-refractivity contribution < 1.29 is 4.42 Å². The lowest BCUT2D eigenvalue weighted by Gasteiger charge is -2.12. The van der Waals surface area contributed by atoms with E-state index in [1.54, 1.807) is 24.8 Å². The van der Waals surface area contributed by atoms with Crippen LogP contribution in [0.4, 0.5) is 0 Å². The third-order valence-electron chi connectivity index (χ3n) is 7.91. The van der Waals surface area contributed by atoms with Crippen LogP contribution in [0.2, 0.25) is 0 Å². The van der Waals surface area contributed by atoms with Gasteiger partial charge in [-0.3, -0.25) is 24.5 Å². The summed E-state index contributed by atoms with van der Waals surface area (Å²) in [5.74, 6) is 0.690. The fraction of sp³-hybridized carbons (Fsp3) is 0.0625. The van der Waals surface area contributed by atoms with Gasteiger partial charge in [0.2, 0.25) is 0 Å². The van der Waals surface area contributed by atoms with Crippen LogP contribution in [0, 0.1) is 13.8 Å². The second kappa shape index (κ2) is 7.54. The number of hydrogen-bond donors (Lipinski definition) is 0. The van der Waals surface area contributed by atoms with Crippen LogP contribution in [-0.2, 0) is 0 Å². The molecule has 8 nitrogen and oxygen atoms in total. The highest BCUT2D eigenvalue weighted by Crippen LogP contribution is 2.41. The van der Waals surface area contributed by atoms with Crippen molar-refractivity contribution in [3.8, 4) is 5.82 Å². The van der Waals surface area contributed by atoms with Crippen LogP contribution in [0.5, 0.6) is 0 Å². The quantitative estimate of drug-likeness (QED) is 0.214. The van der Waals surface area contributed by atoms with E-state index < -0.39 is 0 Å². The number of para-hydroxylation sites is 2. The summed E-state index contributed by atoms with van der Waals surface area (Å²) in [6.45, 7) is 4.25. The molecule has 0 aliphatic rings. The van der Waals surface area contributed by atoms with Gasteiger partial charge in [0.15, 0.2) is 5.82 Å². The zero-order chi connectivity index (χ0) is 26.5. The average Bonchev–Trinajstić information content (AvgIpc) is 3.55. The second-order valence-electron chi connectivity index (χ2n) is 10.1. The maximum Gasteiger partial charge on any atom is 0.157 e. The van der Waals surface area contributed by atoms with Crippen LogP contribution >= 0.6 is 0 Å². The number of hydrogen-bond acceptors (Lipinski definition) is 7. The lowest BCUT2D eigenvalue weighted by Crippen LogP contribution is -2.03. The Hall–Kier alpha value is -5.50. The monoisotopic (exact) mass is 517 g/mol. The minimum Gasteiger partial charge on any atom is -0.456 e. The van der Waals surface area contributed by atoms with Gasteiger partial charge in [0.05, 0.1) is 17.2 Å². The van der Waals surface area contributed by atoms with Gasteiger partial charge in [-0.25, -0.2) is 9.97 Å². The topological polar surface area (TPSA) is 95.4 Å². The minimum atomic E-state index is 0.639. The van der Waals surface area contributed by atoms with Crippen LogP contribution < -0.4 is 0 Å². The van der Waals surface area contributed by atoms with Crippen molar-refractivity contribution in [1.29, 1.82) is 0 Å². The van der Waals surface area contributed by atoms with E-state index in [9.17, 15) is 0 Å². The molecule has 9 rings (SSSR count). The van der Waals surface area contributed by atoms with Crippen molar-refractivity contribution in [1.82, 2.24) is 34.5 Å². The summed E-state index contributed by atoms with van der Waals surface area (Å²) in [5, 5.41) is 4.52. The first-order chi connectivity index (χ1) is 19.7. The molecule has 0 N–H and O–H groups in total. The van der Waals surface area contributed by atoms with Crippen LogP contribution in [-0.4, -0.2) is 34.5 Å². The molecule has 40 heavy (non-hydrogen) atoms. The predicted molar refractivity (Wildman–Crippen MR) is 157 cm³/mol. The third kappa shape index (κ3) is 2.64. The van der Waals surface area contributed by atoms with E-state index in [1.807, 2.05) is 18.3 Å². The maximum atomic E-state index is 6.40.